The predicted octanol–water partition coefficient (Wildman–Crippen LogP) is 4.21. The van der Waals surface area contributed by atoms with Crippen LogP contribution < -0.4 is 0 Å². The van der Waals surface area contributed by atoms with Crippen molar-refractivity contribution >= 4 is 0 Å². The topological polar surface area (TPSA) is 0 Å². The van der Waals surface area contributed by atoms with Crippen LogP contribution in [-0.2, 0) is 0 Å². The Morgan fingerprint density at radius 1 is 0.812 bits per heavy atom. The van der Waals surface area contributed by atoms with Crippen molar-refractivity contribution in [3.63, 3.8) is 0 Å². The summed E-state index contributed by atoms with van der Waals surface area (Å²) < 4.78 is 0. The van der Waals surface area contributed by atoms with Gasteiger partial charge in [0.05, 0.1) is 0 Å². The maximum atomic E-state index is 2.60. The molecule has 0 amide bonds. The van der Waals surface area contributed by atoms with Gasteiger partial charge in [0.25, 0.3) is 0 Å². The van der Waals surface area contributed by atoms with Crippen molar-refractivity contribution in [3.05, 3.63) is 0 Å². The highest BCUT2D eigenvalue weighted by Gasteiger charge is 2.67. The van der Waals surface area contributed by atoms with Crippen molar-refractivity contribution in [2.75, 3.05) is 0 Å². The fourth-order valence-electron chi connectivity index (χ4n) is 6.78. The average Bonchev–Trinajstić information content (AvgIpc) is 2.67. The molecule has 9 atom stereocenters. The van der Waals surface area contributed by atoms with Gasteiger partial charge in [-0.05, 0) is 72.5 Å². The van der Waals surface area contributed by atoms with Gasteiger partial charge >= 0.3 is 0 Å². The molecule has 0 nitrogen and oxygen atoms in total. The Morgan fingerprint density at radius 2 is 1.50 bits per heavy atom. The normalized spacial score (nSPS) is 66.6. The lowest BCUT2D eigenvalue weighted by Gasteiger charge is -2.60. The van der Waals surface area contributed by atoms with Gasteiger partial charge in [-0.25, -0.2) is 0 Å². The maximum absolute atomic E-state index is 2.60. The molecule has 0 radical (unpaired) electrons. The van der Waals surface area contributed by atoms with E-state index in [2.05, 4.69) is 20.8 Å². The third-order valence-corrected chi connectivity index (χ3v) is 7.47. The van der Waals surface area contributed by atoms with Crippen LogP contribution in [0.15, 0.2) is 0 Å². The van der Waals surface area contributed by atoms with Gasteiger partial charge < -0.3 is 0 Å². The Bertz CT molecular complexity index is 307. The summed E-state index contributed by atoms with van der Waals surface area (Å²) in [5.74, 6) is 10.2. The van der Waals surface area contributed by atoms with Gasteiger partial charge in [-0.15, -0.1) is 0 Å². The average molecular weight is 218 g/mol. The lowest BCUT2D eigenvalue weighted by atomic mass is 9.45. The SMILES string of the molecule is CCC1CC2C(C1C)C(C)C1C3CCC3C21. The summed E-state index contributed by atoms with van der Waals surface area (Å²) in [4.78, 5) is 0. The van der Waals surface area contributed by atoms with Crippen LogP contribution in [0.4, 0.5) is 0 Å². The van der Waals surface area contributed by atoms with Crippen LogP contribution in [0.3, 0.4) is 0 Å². The van der Waals surface area contributed by atoms with E-state index in [-0.39, 0.29) is 0 Å². The lowest BCUT2D eigenvalue weighted by Crippen LogP contribution is -2.54. The largest absolute Gasteiger partial charge is 0.0651 e. The van der Waals surface area contributed by atoms with Gasteiger partial charge in [0.15, 0.2) is 0 Å². The number of fused-ring (bicyclic) bond motifs is 6. The van der Waals surface area contributed by atoms with Crippen LogP contribution in [-0.4, -0.2) is 0 Å². The Balaban J connectivity index is 1.63. The summed E-state index contributed by atoms with van der Waals surface area (Å²) in [5, 5.41) is 0. The molecule has 0 heteroatoms. The fourth-order valence-corrected chi connectivity index (χ4v) is 6.78. The molecule has 0 heterocycles. The monoisotopic (exact) mass is 218 g/mol. The minimum atomic E-state index is 1.04. The first-order valence-corrected chi connectivity index (χ1v) is 7.74. The molecule has 4 saturated carbocycles. The number of rotatable bonds is 1. The van der Waals surface area contributed by atoms with E-state index in [0.29, 0.717) is 0 Å². The van der Waals surface area contributed by atoms with Crippen LogP contribution in [0.25, 0.3) is 0 Å². The van der Waals surface area contributed by atoms with E-state index in [1.54, 1.807) is 19.3 Å². The minimum Gasteiger partial charge on any atom is -0.0651 e. The highest BCUT2D eigenvalue weighted by molar-refractivity contribution is 5.15. The molecule has 0 aliphatic heterocycles. The molecule has 16 heavy (non-hydrogen) atoms. The molecule has 0 N–H and O–H groups in total. The molecule has 0 aromatic carbocycles. The Kier molecular flexibility index (Phi) is 1.91. The van der Waals surface area contributed by atoms with Gasteiger partial charge in [0.2, 0.25) is 0 Å². The summed E-state index contributed by atoms with van der Waals surface area (Å²) in [6, 6.07) is 0. The minimum absolute atomic E-state index is 1.04. The molecule has 4 fully saturated rings. The molecule has 4 aliphatic carbocycles. The third kappa shape index (κ3) is 0.910. The van der Waals surface area contributed by atoms with Crippen molar-refractivity contribution in [2.24, 2.45) is 53.3 Å². The molecular weight excluding hydrogens is 192 g/mol. The van der Waals surface area contributed by atoms with E-state index < -0.39 is 0 Å². The van der Waals surface area contributed by atoms with Crippen molar-refractivity contribution in [2.45, 2.75) is 46.5 Å². The first-order chi connectivity index (χ1) is 7.74. The Hall–Kier alpha value is 0. The Labute approximate surface area is 100 Å². The van der Waals surface area contributed by atoms with Crippen molar-refractivity contribution < 1.29 is 0 Å². The van der Waals surface area contributed by atoms with Crippen LogP contribution in [0.2, 0.25) is 0 Å². The number of hydrogen-bond acceptors (Lipinski definition) is 0. The van der Waals surface area contributed by atoms with Crippen molar-refractivity contribution in [3.8, 4) is 0 Å². The molecule has 0 saturated heterocycles. The van der Waals surface area contributed by atoms with Crippen molar-refractivity contribution in [1.29, 1.82) is 0 Å². The Morgan fingerprint density at radius 3 is 2.12 bits per heavy atom. The maximum Gasteiger partial charge on any atom is -0.0318 e. The van der Waals surface area contributed by atoms with Gasteiger partial charge in [-0.1, -0.05) is 27.2 Å². The quantitative estimate of drug-likeness (QED) is 0.618. The molecule has 0 aromatic heterocycles. The van der Waals surface area contributed by atoms with Gasteiger partial charge in [0.1, 0.15) is 0 Å². The van der Waals surface area contributed by atoms with E-state index in [0.717, 1.165) is 29.6 Å². The highest BCUT2D eigenvalue weighted by atomic mass is 14.7. The zero-order chi connectivity index (χ0) is 11.0. The van der Waals surface area contributed by atoms with Crippen LogP contribution in [0.5, 0.6) is 0 Å². The fraction of sp³-hybridized carbons (Fsp3) is 1.00. The molecule has 4 rings (SSSR count). The second-order valence-electron chi connectivity index (χ2n) is 7.42. The molecule has 4 aliphatic rings. The zero-order valence-electron chi connectivity index (χ0n) is 11.0. The molecule has 0 aromatic rings. The summed E-state index contributed by atoms with van der Waals surface area (Å²) >= 11 is 0. The van der Waals surface area contributed by atoms with Crippen LogP contribution in [0.1, 0.15) is 46.5 Å². The van der Waals surface area contributed by atoms with Gasteiger partial charge in [-0.2, -0.15) is 0 Å². The van der Waals surface area contributed by atoms with E-state index in [9.17, 15) is 0 Å². The first kappa shape index (κ1) is 9.97. The third-order valence-electron chi connectivity index (χ3n) is 7.47. The summed E-state index contributed by atoms with van der Waals surface area (Å²) in [6.45, 7) is 7.59. The van der Waals surface area contributed by atoms with Crippen molar-refractivity contribution in [1.82, 2.24) is 0 Å². The standard InChI is InChI=1S/C16H26/c1-4-10-7-13-14(8(10)2)9(3)15-11-5-6-12(11)16(13)15/h8-16H,4-7H2,1-3H3. The second-order valence-corrected chi connectivity index (χ2v) is 7.42. The first-order valence-electron chi connectivity index (χ1n) is 7.74. The van der Waals surface area contributed by atoms with Gasteiger partial charge in [-0.3, -0.25) is 0 Å². The molecule has 9 unspecified atom stereocenters. The molecule has 0 bridgehead atoms. The lowest BCUT2D eigenvalue weighted by molar-refractivity contribution is -0.114. The highest BCUT2D eigenvalue weighted by Crippen LogP contribution is 2.73. The second kappa shape index (κ2) is 3.06. The van der Waals surface area contributed by atoms with E-state index in [1.165, 1.54) is 30.1 Å². The number of hydrogen-bond donors (Lipinski definition) is 0. The van der Waals surface area contributed by atoms with Gasteiger partial charge in [0, 0.05) is 0 Å². The van der Waals surface area contributed by atoms with Crippen LogP contribution >= 0.6 is 0 Å². The molecule has 0 spiro atoms. The summed E-state index contributed by atoms with van der Waals surface area (Å²) in [5.41, 5.74) is 0. The molecular formula is C16H26. The zero-order valence-corrected chi connectivity index (χ0v) is 11.0. The predicted molar refractivity (Wildman–Crippen MR) is 66.9 cm³/mol. The summed E-state index contributed by atoms with van der Waals surface area (Å²) in [7, 11) is 0. The van der Waals surface area contributed by atoms with E-state index in [4.69, 9.17) is 0 Å². The van der Waals surface area contributed by atoms with E-state index >= 15 is 0 Å². The summed E-state index contributed by atoms with van der Waals surface area (Å²) in [6.07, 6.45) is 6.21. The molecule has 90 valence electrons. The smallest absolute Gasteiger partial charge is 0.0318 e. The van der Waals surface area contributed by atoms with Crippen LogP contribution in [0, 0.1) is 53.3 Å². The van der Waals surface area contributed by atoms with E-state index in [1.807, 2.05) is 0 Å².